The van der Waals surface area contributed by atoms with Crippen molar-refractivity contribution in [3.63, 3.8) is 0 Å². The molecule has 0 unspecified atom stereocenters. The standard InChI is InChI=1S/C13H13ClF3N3OS/c1-3-20(6-8-4-5-10(14)22-8)12(21)9-7-19(2)18-11(9)13(15,16)17/h4-5,7H,3,6H2,1-2H3. The van der Waals surface area contributed by atoms with Gasteiger partial charge in [-0.25, -0.2) is 0 Å². The fraction of sp³-hybridized carbons (Fsp3) is 0.385. The molecule has 9 heteroatoms. The number of hydrogen-bond acceptors (Lipinski definition) is 3. The smallest absolute Gasteiger partial charge is 0.334 e. The van der Waals surface area contributed by atoms with Gasteiger partial charge in [0.15, 0.2) is 5.69 Å². The third-order valence-corrected chi connectivity index (χ3v) is 4.19. The first-order valence-corrected chi connectivity index (χ1v) is 7.56. The second-order valence-electron chi connectivity index (χ2n) is 4.59. The highest BCUT2D eigenvalue weighted by atomic mass is 35.5. The van der Waals surface area contributed by atoms with Crippen LogP contribution in [0, 0.1) is 0 Å². The average molecular weight is 352 g/mol. The molecule has 0 radical (unpaired) electrons. The summed E-state index contributed by atoms with van der Waals surface area (Å²) in [5.41, 5.74) is -1.61. The molecule has 0 aromatic carbocycles. The number of alkyl halides is 3. The Morgan fingerprint density at radius 3 is 2.64 bits per heavy atom. The van der Waals surface area contributed by atoms with Gasteiger partial charge in [0.1, 0.15) is 0 Å². The van der Waals surface area contributed by atoms with Crippen molar-refractivity contribution in [1.82, 2.24) is 14.7 Å². The van der Waals surface area contributed by atoms with Gasteiger partial charge < -0.3 is 4.90 Å². The van der Waals surface area contributed by atoms with Gasteiger partial charge in [0.05, 0.1) is 16.4 Å². The Morgan fingerprint density at radius 2 is 2.14 bits per heavy atom. The zero-order valence-electron chi connectivity index (χ0n) is 11.8. The second kappa shape index (κ2) is 6.29. The Labute approximate surface area is 134 Å². The Bertz CT molecular complexity index is 680. The molecule has 0 saturated carbocycles. The summed E-state index contributed by atoms with van der Waals surface area (Å²) < 4.78 is 40.4. The minimum atomic E-state index is -4.67. The number of nitrogens with zero attached hydrogens (tertiary/aromatic N) is 3. The minimum Gasteiger partial charge on any atom is -0.334 e. The monoisotopic (exact) mass is 351 g/mol. The van der Waals surface area contributed by atoms with Gasteiger partial charge >= 0.3 is 6.18 Å². The molecule has 0 bridgehead atoms. The van der Waals surface area contributed by atoms with Gasteiger partial charge in [0, 0.05) is 24.7 Å². The van der Waals surface area contributed by atoms with Gasteiger partial charge in [-0.3, -0.25) is 9.48 Å². The summed E-state index contributed by atoms with van der Waals surface area (Å²) in [6.07, 6.45) is -3.58. The largest absolute Gasteiger partial charge is 0.435 e. The van der Waals surface area contributed by atoms with Crippen molar-refractivity contribution in [2.45, 2.75) is 19.6 Å². The molecule has 1 amide bonds. The lowest BCUT2D eigenvalue weighted by Crippen LogP contribution is -2.31. The van der Waals surface area contributed by atoms with E-state index in [-0.39, 0.29) is 13.1 Å². The van der Waals surface area contributed by atoms with E-state index in [0.29, 0.717) is 4.34 Å². The SMILES string of the molecule is CCN(Cc1ccc(Cl)s1)C(=O)c1cn(C)nc1C(F)(F)F. The van der Waals surface area contributed by atoms with E-state index >= 15 is 0 Å². The van der Waals surface area contributed by atoms with Crippen LogP contribution in [0.3, 0.4) is 0 Å². The molecule has 0 fully saturated rings. The molecular formula is C13H13ClF3N3OS. The number of aromatic nitrogens is 2. The normalized spacial score (nSPS) is 11.7. The van der Waals surface area contributed by atoms with E-state index in [1.165, 1.54) is 23.3 Å². The number of carbonyl (C=O) groups excluding carboxylic acids is 1. The fourth-order valence-electron chi connectivity index (χ4n) is 1.98. The van der Waals surface area contributed by atoms with Crippen LogP contribution in [0.25, 0.3) is 0 Å². The first-order valence-electron chi connectivity index (χ1n) is 6.36. The zero-order valence-corrected chi connectivity index (χ0v) is 13.4. The Morgan fingerprint density at radius 1 is 1.45 bits per heavy atom. The molecule has 2 heterocycles. The van der Waals surface area contributed by atoms with Gasteiger partial charge in [-0.1, -0.05) is 11.6 Å². The highest BCUT2D eigenvalue weighted by molar-refractivity contribution is 7.16. The molecule has 0 atom stereocenters. The van der Waals surface area contributed by atoms with Gasteiger partial charge in [-0.15, -0.1) is 11.3 Å². The number of amides is 1. The van der Waals surface area contributed by atoms with Gasteiger partial charge in [0.25, 0.3) is 5.91 Å². The number of thiophene rings is 1. The molecule has 120 valence electrons. The maximum absolute atomic E-state index is 13.0. The third kappa shape index (κ3) is 3.61. The minimum absolute atomic E-state index is 0.207. The highest BCUT2D eigenvalue weighted by Crippen LogP contribution is 2.31. The molecular weight excluding hydrogens is 339 g/mol. The van der Waals surface area contributed by atoms with Crippen LogP contribution in [0.2, 0.25) is 4.34 Å². The van der Waals surface area contributed by atoms with E-state index in [1.54, 1.807) is 19.1 Å². The summed E-state index contributed by atoms with van der Waals surface area (Å²) in [5, 5.41) is 3.36. The number of carbonyl (C=O) groups is 1. The van der Waals surface area contributed by atoms with Crippen LogP contribution in [0.5, 0.6) is 0 Å². The Balaban J connectivity index is 2.29. The van der Waals surface area contributed by atoms with Crippen molar-refractivity contribution in [3.8, 4) is 0 Å². The maximum Gasteiger partial charge on any atom is 0.435 e. The van der Waals surface area contributed by atoms with Gasteiger partial charge in [-0.2, -0.15) is 18.3 Å². The van der Waals surface area contributed by atoms with Crippen LogP contribution < -0.4 is 0 Å². The van der Waals surface area contributed by atoms with Crippen molar-refractivity contribution in [1.29, 1.82) is 0 Å². The summed E-state index contributed by atoms with van der Waals surface area (Å²) in [5.74, 6) is -0.701. The molecule has 0 saturated heterocycles. The average Bonchev–Trinajstić information content (AvgIpc) is 3.00. The lowest BCUT2D eigenvalue weighted by molar-refractivity contribution is -0.141. The van der Waals surface area contributed by atoms with E-state index < -0.39 is 23.3 Å². The van der Waals surface area contributed by atoms with Crippen LogP contribution in [0.4, 0.5) is 13.2 Å². The number of aryl methyl sites for hydroxylation is 1. The zero-order chi connectivity index (χ0) is 16.5. The second-order valence-corrected chi connectivity index (χ2v) is 6.39. The Kier molecular flexibility index (Phi) is 4.81. The molecule has 2 rings (SSSR count). The van der Waals surface area contributed by atoms with Crippen molar-refractivity contribution in [2.75, 3.05) is 6.54 Å². The van der Waals surface area contributed by atoms with E-state index in [0.717, 1.165) is 15.8 Å². The Hall–Kier alpha value is -1.54. The molecule has 0 aliphatic carbocycles. The molecule has 4 nitrogen and oxygen atoms in total. The predicted molar refractivity (Wildman–Crippen MR) is 78.0 cm³/mol. The molecule has 0 spiro atoms. The summed E-state index contributed by atoms with van der Waals surface area (Å²) in [7, 11) is 1.35. The number of hydrogen-bond donors (Lipinski definition) is 0. The molecule has 0 N–H and O–H groups in total. The van der Waals surface area contributed by atoms with Crippen molar-refractivity contribution < 1.29 is 18.0 Å². The first kappa shape index (κ1) is 16.8. The molecule has 0 aliphatic heterocycles. The van der Waals surface area contributed by atoms with Crippen molar-refractivity contribution in [2.24, 2.45) is 7.05 Å². The third-order valence-electron chi connectivity index (χ3n) is 2.97. The topological polar surface area (TPSA) is 38.1 Å². The predicted octanol–water partition coefficient (Wildman–Crippen LogP) is 3.82. The van der Waals surface area contributed by atoms with E-state index in [4.69, 9.17) is 11.6 Å². The van der Waals surface area contributed by atoms with E-state index in [1.807, 2.05) is 0 Å². The summed E-state index contributed by atoms with van der Waals surface area (Å²) in [6.45, 7) is 2.19. The lowest BCUT2D eigenvalue weighted by Gasteiger charge is -2.20. The fourth-order valence-corrected chi connectivity index (χ4v) is 3.08. The molecule has 2 aromatic heterocycles. The highest BCUT2D eigenvalue weighted by Gasteiger charge is 2.39. The molecule has 2 aromatic rings. The van der Waals surface area contributed by atoms with Crippen LogP contribution >= 0.6 is 22.9 Å². The number of rotatable bonds is 4. The number of halogens is 4. The van der Waals surface area contributed by atoms with E-state index in [9.17, 15) is 18.0 Å². The first-order chi connectivity index (χ1) is 10.2. The van der Waals surface area contributed by atoms with Crippen LogP contribution in [-0.2, 0) is 19.8 Å². The van der Waals surface area contributed by atoms with Crippen LogP contribution in [0.15, 0.2) is 18.3 Å². The van der Waals surface area contributed by atoms with Crippen LogP contribution in [-0.4, -0.2) is 27.1 Å². The van der Waals surface area contributed by atoms with Crippen LogP contribution in [0.1, 0.15) is 27.9 Å². The van der Waals surface area contributed by atoms with Crippen molar-refractivity contribution in [3.05, 3.63) is 38.8 Å². The summed E-state index contributed by atoms with van der Waals surface area (Å²) in [4.78, 5) is 14.5. The van der Waals surface area contributed by atoms with Gasteiger partial charge in [0.2, 0.25) is 0 Å². The quantitative estimate of drug-likeness (QED) is 0.840. The van der Waals surface area contributed by atoms with Gasteiger partial charge in [-0.05, 0) is 19.1 Å². The van der Waals surface area contributed by atoms with Crippen molar-refractivity contribution >= 4 is 28.8 Å². The van der Waals surface area contributed by atoms with E-state index in [2.05, 4.69) is 5.10 Å². The maximum atomic E-state index is 13.0. The lowest BCUT2D eigenvalue weighted by atomic mass is 10.2. The summed E-state index contributed by atoms with van der Waals surface area (Å²) >= 11 is 7.11. The molecule has 0 aliphatic rings. The molecule has 22 heavy (non-hydrogen) atoms. The summed E-state index contributed by atoms with van der Waals surface area (Å²) in [6, 6.07) is 3.43.